The first-order valence-corrected chi connectivity index (χ1v) is 11.7. The summed E-state index contributed by atoms with van der Waals surface area (Å²) in [5.74, 6) is -0.0193. The molecule has 0 saturated carbocycles. The first kappa shape index (κ1) is 22.5. The molecule has 2 N–H and O–H groups in total. The van der Waals surface area contributed by atoms with Gasteiger partial charge in [-0.1, -0.05) is 11.6 Å². The van der Waals surface area contributed by atoms with Crippen molar-refractivity contribution in [1.82, 2.24) is 14.9 Å². The third-order valence-electron chi connectivity index (χ3n) is 5.36. The van der Waals surface area contributed by atoms with Crippen LogP contribution in [0.5, 0.6) is 0 Å². The predicted octanol–water partition coefficient (Wildman–Crippen LogP) is 0.860. The fourth-order valence-corrected chi connectivity index (χ4v) is 5.01. The van der Waals surface area contributed by atoms with Gasteiger partial charge < -0.3 is 14.8 Å². The SMILES string of the molecule is C[C@H](NS(=O)(=O)c1ccc(Cl)cc1)C(=O)NCC(C1CCOC1)N1CCOCC1. The average Bonchev–Trinajstić information content (AvgIpc) is 3.23. The lowest BCUT2D eigenvalue weighted by molar-refractivity contribution is -0.122. The minimum atomic E-state index is -3.81. The molecule has 162 valence electrons. The summed E-state index contributed by atoms with van der Waals surface area (Å²) in [6.07, 6.45) is 0.955. The van der Waals surface area contributed by atoms with Crippen molar-refractivity contribution in [2.45, 2.75) is 30.3 Å². The van der Waals surface area contributed by atoms with Gasteiger partial charge in [-0.05, 0) is 37.6 Å². The maximum Gasteiger partial charge on any atom is 0.241 e. The van der Waals surface area contributed by atoms with E-state index in [0.717, 1.165) is 26.1 Å². The van der Waals surface area contributed by atoms with Crippen molar-refractivity contribution in [3.8, 4) is 0 Å². The second-order valence-electron chi connectivity index (χ2n) is 7.38. The van der Waals surface area contributed by atoms with E-state index in [1.165, 1.54) is 31.2 Å². The lowest BCUT2D eigenvalue weighted by Crippen LogP contribution is -2.54. The van der Waals surface area contributed by atoms with Gasteiger partial charge in [0.25, 0.3) is 0 Å². The number of nitrogens with one attached hydrogen (secondary N) is 2. The number of amides is 1. The quantitative estimate of drug-likeness (QED) is 0.616. The summed E-state index contributed by atoms with van der Waals surface area (Å²) in [6.45, 7) is 6.37. The molecule has 10 heteroatoms. The molecule has 2 fully saturated rings. The van der Waals surface area contributed by atoms with Gasteiger partial charge in [-0.25, -0.2) is 8.42 Å². The molecule has 3 atom stereocenters. The monoisotopic (exact) mass is 445 g/mol. The summed E-state index contributed by atoms with van der Waals surface area (Å²) in [5.41, 5.74) is 0. The average molecular weight is 446 g/mol. The highest BCUT2D eigenvalue weighted by molar-refractivity contribution is 7.89. The van der Waals surface area contributed by atoms with Crippen molar-refractivity contribution in [2.75, 3.05) is 46.1 Å². The highest BCUT2D eigenvalue weighted by Crippen LogP contribution is 2.22. The number of halogens is 1. The predicted molar refractivity (Wildman–Crippen MR) is 109 cm³/mol. The van der Waals surface area contributed by atoms with Crippen molar-refractivity contribution in [2.24, 2.45) is 5.92 Å². The third-order valence-corrected chi connectivity index (χ3v) is 7.17. The van der Waals surface area contributed by atoms with Gasteiger partial charge in [0.2, 0.25) is 15.9 Å². The molecule has 0 spiro atoms. The van der Waals surface area contributed by atoms with E-state index in [2.05, 4.69) is 14.9 Å². The molecule has 1 amide bonds. The van der Waals surface area contributed by atoms with Gasteiger partial charge in [-0.15, -0.1) is 0 Å². The van der Waals surface area contributed by atoms with Crippen LogP contribution in [0.2, 0.25) is 5.02 Å². The van der Waals surface area contributed by atoms with Gasteiger partial charge >= 0.3 is 0 Å². The van der Waals surface area contributed by atoms with Gasteiger partial charge in [0, 0.05) is 43.2 Å². The number of carbonyl (C=O) groups is 1. The standard InChI is InChI=1S/C19H28ClN3O5S/c1-14(22-29(25,26)17-4-2-16(20)3-5-17)19(24)21-12-18(15-6-9-28-13-15)23-7-10-27-11-8-23/h2-5,14-15,18,22H,6-13H2,1H3,(H,21,24)/t14-,15?,18?/m0/s1. The van der Waals surface area contributed by atoms with Crippen molar-refractivity contribution < 1.29 is 22.7 Å². The number of carbonyl (C=O) groups excluding carboxylic acids is 1. The van der Waals surface area contributed by atoms with E-state index < -0.39 is 16.1 Å². The number of hydrogen-bond acceptors (Lipinski definition) is 6. The Hall–Kier alpha value is -1.23. The summed E-state index contributed by atoms with van der Waals surface area (Å²) < 4.78 is 38.4. The van der Waals surface area contributed by atoms with Crippen LogP contribution in [-0.2, 0) is 24.3 Å². The van der Waals surface area contributed by atoms with Crippen LogP contribution >= 0.6 is 11.6 Å². The van der Waals surface area contributed by atoms with Crippen molar-refractivity contribution in [1.29, 1.82) is 0 Å². The van der Waals surface area contributed by atoms with E-state index in [1.54, 1.807) is 0 Å². The number of ether oxygens (including phenoxy) is 2. The van der Waals surface area contributed by atoms with Crippen molar-refractivity contribution >= 4 is 27.5 Å². The van der Waals surface area contributed by atoms with Crippen LogP contribution in [0.15, 0.2) is 29.2 Å². The Morgan fingerprint density at radius 3 is 2.52 bits per heavy atom. The largest absolute Gasteiger partial charge is 0.381 e. The zero-order valence-electron chi connectivity index (χ0n) is 16.5. The number of nitrogens with zero attached hydrogens (tertiary/aromatic N) is 1. The van der Waals surface area contributed by atoms with Gasteiger partial charge in [-0.3, -0.25) is 9.69 Å². The maximum absolute atomic E-state index is 12.6. The third kappa shape index (κ3) is 6.13. The van der Waals surface area contributed by atoms with E-state index in [0.29, 0.717) is 37.3 Å². The molecule has 2 heterocycles. The summed E-state index contributed by atoms with van der Waals surface area (Å²) in [7, 11) is -3.81. The second-order valence-corrected chi connectivity index (χ2v) is 9.53. The molecule has 0 bridgehead atoms. The normalized spacial score (nSPS) is 22.9. The lowest BCUT2D eigenvalue weighted by atomic mass is 9.96. The molecule has 2 unspecified atom stereocenters. The minimum Gasteiger partial charge on any atom is -0.381 e. The zero-order valence-corrected chi connectivity index (χ0v) is 18.0. The zero-order chi connectivity index (χ0) is 20.9. The Kier molecular flexibility index (Phi) is 7.89. The summed E-state index contributed by atoms with van der Waals surface area (Å²) in [5, 5.41) is 3.36. The summed E-state index contributed by atoms with van der Waals surface area (Å²) in [4.78, 5) is 15.0. The first-order chi connectivity index (χ1) is 13.9. The van der Waals surface area contributed by atoms with Crippen LogP contribution < -0.4 is 10.0 Å². The molecular weight excluding hydrogens is 418 g/mol. The van der Waals surface area contributed by atoms with Gasteiger partial charge in [-0.2, -0.15) is 4.72 Å². The molecule has 2 aliphatic heterocycles. The number of hydrogen-bond donors (Lipinski definition) is 2. The lowest BCUT2D eigenvalue weighted by Gasteiger charge is -2.37. The molecule has 0 aromatic heterocycles. The van der Waals surface area contributed by atoms with Crippen molar-refractivity contribution in [3.63, 3.8) is 0 Å². The van der Waals surface area contributed by atoms with Crippen molar-refractivity contribution in [3.05, 3.63) is 29.3 Å². The Bertz CT molecular complexity index is 778. The van der Waals surface area contributed by atoms with Crippen LogP contribution in [0.1, 0.15) is 13.3 Å². The van der Waals surface area contributed by atoms with Crippen LogP contribution in [0.25, 0.3) is 0 Å². The van der Waals surface area contributed by atoms with Crippen LogP contribution in [0.3, 0.4) is 0 Å². The highest BCUT2D eigenvalue weighted by Gasteiger charge is 2.32. The van der Waals surface area contributed by atoms with E-state index >= 15 is 0 Å². The van der Waals surface area contributed by atoms with Crippen LogP contribution in [-0.4, -0.2) is 77.4 Å². The van der Waals surface area contributed by atoms with E-state index in [-0.39, 0.29) is 16.8 Å². The van der Waals surface area contributed by atoms with Gasteiger partial charge in [0.05, 0.1) is 30.8 Å². The molecular formula is C19H28ClN3O5S. The highest BCUT2D eigenvalue weighted by atomic mass is 35.5. The molecule has 0 aliphatic carbocycles. The number of sulfonamides is 1. The van der Waals surface area contributed by atoms with E-state index in [4.69, 9.17) is 21.1 Å². The van der Waals surface area contributed by atoms with Crippen LogP contribution in [0, 0.1) is 5.92 Å². The molecule has 8 nitrogen and oxygen atoms in total. The van der Waals surface area contributed by atoms with E-state index in [9.17, 15) is 13.2 Å². The fraction of sp³-hybridized carbons (Fsp3) is 0.632. The molecule has 29 heavy (non-hydrogen) atoms. The fourth-order valence-electron chi connectivity index (χ4n) is 3.69. The minimum absolute atomic E-state index is 0.0656. The van der Waals surface area contributed by atoms with E-state index in [1.807, 2.05) is 0 Å². The molecule has 3 rings (SSSR count). The molecule has 2 saturated heterocycles. The second kappa shape index (κ2) is 10.2. The van der Waals surface area contributed by atoms with Gasteiger partial charge in [0.1, 0.15) is 0 Å². The Morgan fingerprint density at radius 2 is 1.90 bits per heavy atom. The number of benzene rings is 1. The molecule has 0 radical (unpaired) electrons. The molecule has 1 aromatic carbocycles. The Labute approximate surface area is 176 Å². The molecule has 1 aromatic rings. The van der Waals surface area contributed by atoms with Gasteiger partial charge in [0.15, 0.2) is 0 Å². The number of morpholine rings is 1. The first-order valence-electron chi connectivity index (χ1n) is 9.82. The number of rotatable bonds is 8. The molecule has 2 aliphatic rings. The summed E-state index contributed by atoms with van der Waals surface area (Å²) in [6, 6.07) is 5.05. The smallest absolute Gasteiger partial charge is 0.241 e. The Balaban J connectivity index is 1.57. The Morgan fingerprint density at radius 1 is 1.21 bits per heavy atom. The summed E-state index contributed by atoms with van der Waals surface area (Å²) >= 11 is 5.81. The van der Waals surface area contributed by atoms with Crippen LogP contribution in [0.4, 0.5) is 0 Å². The maximum atomic E-state index is 12.6. The topological polar surface area (TPSA) is 97.0 Å².